The van der Waals surface area contributed by atoms with Crippen LogP contribution in [0.5, 0.6) is 0 Å². The maximum atomic E-state index is 12.5. The number of nitrogens with zero attached hydrogens (tertiary/aromatic N) is 2. The Bertz CT molecular complexity index is 410. The molecule has 5 heteroatoms. The lowest BCUT2D eigenvalue weighted by Crippen LogP contribution is -2.34. The highest BCUT2D eigenvalue weighted by Gasteiger charge is 2.17. The Hall–Kier alpha value is -0.390. The lowest BCUT2D eigenvalue weighted by atomic mass is 10.3. The first-order valence-corrected chi connectivity index (χ1v) is 8.91. The van der Waals surface area contributed by atoms with Crippen molar-refractivity contribution < 1.29 is 4.79 Å². The van der Waals surface area contributed by atoms with Gasteiger partial charge in [-0.1, -0.05) is 13.8 Å². The molecule has 0 unspecified atom stereocenters. The summed E-state index contributed by atoms with van der Waals surface area (Å²) in [5, 5.41) is 0. The molecular weight excluding hydrogens is 336 g/mol. The summed E-state index contributed by atoms with van der Waals surface area (Å²) >= 11 is 5.02. The van der Waals surface area contributed by atoms with Crippen LogP contribution in [0.2, 0.25) is 0 Å². The van der Waals surface area contributed by atoms with E-state index in [1.54, 1.807) is 0 Å². The van der Waals surface area contributed by atoms with E-state index in [1.807, 2.05) is 24.8 Å². The largest absolute Gasteiger partial charge is 0.338 e. The molecule has 1 heterocycles. The second-order valence-corrected chi connectivity index (χ2v) is 7.20. The fourth-order valence-corrected chi connectivity index (χ4v) is 3.65. The summed E-state index contributed by atoms with van der Waals surface area (Å²) in [6.45, 7) is 13.2. The Labute approximate surface area is 135 Å². The lowest BCUT2D eigenvalue weighted by Gasteiger charge is -2.23. The number of carbonyl (C=O) groups excluding carboxylic acids is 1. The zero-order valence-corrected chi connectivity index (χ0v) is 15.3. The van der Waals surface area contributed by atoms with Crippen LogP contribution in [0.15, 0.2) is 9.85 Å². The van der Waals surface area contributed by atoms with Crippen LogP contribution in [-0.4, -0.2) is 48.4 Å². The average molecular weight is 361 g/mol. The van der Waals surface area contributed by atoms with Crippen molar-refractivity contribution in [2.45, 2.75) is 34.1 Å². The average Bonchev–Trinajstić information content (AvgIpc) is 2.78. The number of thiophene rings is 1. The molecule has 20 heavy (non-hydrogen) atoms. The van der Waals surface area contributed by atoms with E-state index in [0.717, 1.165) is 53.4 Å². The molecule has 0 saturated carbocycles. The minimum atomic E-state index is 0.158. The van der Waals surface area contributed by atoms with Gasteiger partial charge in [-0.3, -0.25) is 4.79 Å². The molecule has 0 aliphatic heterocycles. The third-order valence-electron chi connectivity index (χ3n) is 3.53. The van der Waals surface area contributed by atoms with Gasteiger partial charge in [0.05, 0.1) is 8.66 Å². The third-order valence-corrected chi connectivity index (χ3v) is 5.66. The van der Waals surface area contributed by atoms with Gasteiger partial charge in [0.1, 0.15) is 0 Å². The molecule has 1 aromatic rings. The monoisotopic (exact) mass is 360 g/mol. The first kappa shape index (κ1) is 17.7. The molecule has 1 rings (SSSR count). The van der Waals surface area contributed by atoms with E-state index in [0.29, 0.717) is 0 Å². The number of rotatable bonds is 8. The molecule has 3 nitrogen and oxygen atoms in total. The summed E-state index contributed by atoms with van der Waals surface area (Å²) in [6, 6.07) is 1.98. The summed E-state index contributed by atoms with van der Waals surface area (Å²) in [7, 11) is 0. The number of carbonyl (C=O) groups is 1. The topological polar surface area (TPSA) is 23.6 Å². The predicted octanol–water partition coefficient (Wildman–Crippen LogP) is 4.01. The van der Waals surface area contributed by atoms with Crippen molar-refractivity contribution in [3.63, 3.8) is 0 Å². The number of amides is 1. The second-order valence-electron chi connectivity index (χ2n) is 4.83. The van der Waals surface area contributed by atoms with Crippen molar-refractivity contribution in [1.29, 1.82) is 0 Å². The third kappa shape index (κ3) is 4.86. The normalized spacial score (nSPS) is 11.1. The fourth-order valence-electron chi connectivity index (χ4n) is 2.15. The predicted molar refractivity (Wildman–Crippen MR) is 90.7 cm³/mol. The van der Waals surface area contributed by atoms with E-state index >= 15 is 0 Å². The summed E-state index contributed by atoms with van der Waals surface area (Å²) in [5.41, 5.74) is 1.14. The first-order chi connectivity index (χ1) is 9.53. The van der Waals surface area contributed by atoms with Crippen LogP contribution in [0, 0.1) is 6.92 Å². The van der Waals surface area contributed by atoms with Crippen molar-refractivity contribution in [1.82, 2.24) is 9.80 Å². The van der Waals surface area contributed by atoms with E-state index in [1.165, 1.54) is 11.3 Å². The van der Waals surface area contributed by atoms with Crippen LogP contribution in [0.1, 0.15) is 42.4 Å². The molecule has 0 aromatic carbocycles. The molecule has 114 valence electrons. The molecule has 1 aromatic heterocycles. The molecule has 0 radical (unpaired) electrons. The maximum absolute atomic E-state index is 12.5. The van der Waals surface area contributed by atoms with E-state index in [-0.39, 0.29) is 5.91 Å². The molecule has 0 aliphatic rings. The summed E-state index contributed by atoms with van der Waals surface area (Å²) in [5.74, 6) is 0.158. The Morgan fingerprint density at radius 2 is 1.85 bits per heavy atom. The molecule has 0 atom stereocenters. The molecule has 0 saturated heterocycles. The fraction of sp³-hybridized carbons (Fsp3) is 0.667. The Morgan fingerprint density at radius 1 is 1.20 bits per heavy atom. The molecule has 0 spiro atoms. The highest BCUT2D eigenvalue weighted by molar-refractivity contribution is 9.11. The zero-order valence-electron chi connectivity index (χ0n) is 12.9. The minimum Gasteiger partial charge on any atom is -0.338 e. The highest BCUT2D eigenvalue weighted by Crippen LogP contribution is 2.28. The highest BCUT2D eigenvalue weighted by atomic mass is 79.9. The van der Waals surface area contributed by atoms with E-state index < -0.39 is 0 Å². The number of hydrogen-bond acceptors (Lipinski definition) is 3. The summed E-state index contributed by atoms with van der Waals surface area (Å²) in [6.07, 6.45) is 1.03. The SMILES string of the molecule is CCN(CC)CCCN(CC)C(=O)c1cc(C)c(Br)s1. The molecule has 0 bridgehead atoms. The smallest absolute Gasteiger partial charge is 0.263 e. The number of halogens is 1. The minimum absolute atomic E-state index is 0.158. The van der Waals surface area contributed by atoms with Crippen LogP contribution < -0.4 is 0 Å². The van der Waals surface area contributed by atoms with Gasteiger partial charge in [-0.25, -0.2) is 0 Å². The van der Waals surface area contributed by atoms with Crippen LogP contribution in [0.4, 0.5) is 0 Å². The Kier molecular flexibility index (Phi) is 7.77. The van der Waals surface area contributed by atoms with E-state index in [4.69, 9.17) is 0 Å². The lowest BCUT2D eigenvalue weighted by molar-refractivity contribution is 0.0762. The van der Waals surface area contributed by atoms with Gasteiger partial charge in [0.25, 0.3) is 5.91 Å². The van der Waals surface area contributed by atoms with Crippen molar-refractivity contribution in [2.75, 3.05) is 32.7 Å². The number of aryl methyl sites for hydroxylation is 1. The number of hydrogen-bond donors (Lipinski definition) is 0. The van der Waals surface area contributed by atoms with Crippen molar-refractivity contribution in [2.24, 2.45) is 0 Å². The molecule has 1 amide bonds. The quantitative estimate of drug-likeness (QED) is 0.698. The van der Waals surface area contributed by atoms with Crippen LogP contribution in [-0.2, 0) is 0 Å². The van der Waals surface area contributed by atoms with Gasteiger partial charge in [0.15, 0.2) is 0 Å². The van der Waals surface area contributed by atoms with Gasteiger partial charge in [-0.2, -0.15) is 0 Å². The zero-order chi connectivity index (χ0) is 15.1. The Balaban J connectivity index is 2.55. The van der Waals surface area contributed by atoms with Gasteiger partial charge < -0.3 is 9.80 Å². The molecule has 0 aliphatic carbocycles. The standard InChI is InChI=1S/C15H25BrN2OS/c1-5-17(6-2)9-8-10-18(7-3)15(19)13-11-12(4)14(16)20-13/h11H,5-10H2,1-4H3. The molecule has 0 N–H and O–H groups in total. The van der Waals surface area contributed by atoms with Gasteiger partial charge >= 0.3 is 0 Å². The van der Waals surface area contributed by atoms with E-state index in [9.17, 15) is 4.79 Å². The summed E-state index contributed by atoms with van der Waals surface area (Å²) in [4.78, 5) is 17.6. The summed E-state index contributed by atoms with van der Waals surface area (Å²) < 4.78 is 1.06. The van der Waals surface area contributed by atoms with Gasteiger partial charge in [-0.05, 0) is 67.5 Å². The molecule has 0 fully saturated rings. The van der Waals surface area contributed by atoms with Gasteiger partial charge in [0.2, 0.25) is 0 Å². The van der Waals surface area contributed by atoms with Crippen LogP contribution in [0.25, 0.3) is 0 Å². The van der Waals surface area contributed by atoms with Crippen LogP contribution in [0.3, 0.4) is 0 Å². The van der Waals surface area contributed by atoms with Gasteiger partial charge in [-0.15, -0.1) is 11.3 Å². The van der Waals surface area contributed by atoms with Crippen LogP contribution >= 0.6 is 27.3 Å². The second kappa shape index (κ2) is 8.80. The molecular formula is C15H25BrN2OS. The van der Waals surface area contributed by atoms with E-state index in [2.05, 4.69) is 34.7 Å². The first-order valence-electron chi connectivity index (χ1n) is 7.30. The maximum Gasteiger partial charge on any atom is 0.263 e. The Morgan fingerprint density at radius 3 is 2.30 bits per heavy atom. The van der Waals surface area contributed by atoms with Crippen molar-refractivity contribution in [3.8, 4) is 0 Å². The van der Waals surface area contributed by atoms with Crippen molar-refractivity contribution in [3.05, 3.63) is 20.3 Å². The van der Waals surface area contributed by atoms with Crippen molar-refractivity contribution >= 4 is 33.2 Å². The van der Waals surface area contributed by atoms with Gasteiger partial charge in [0, 0.05) is 13.1 Å².